The minimum Gasteiger partial charge on any atom is -0.381 e. The average Bonchev–Trinajstić information content (AvgIpc) is 2.25. The van der Waals surface area contributed by atoms with Crippen LogP contribution in [0.4, 0.5) is 10.1 Å². The van der Waals surface area contributed by atoms with E-state index in [1.807, 2.05) is 13.8 Å². The molecular formula is C12H14BrFN2. The molecule has 1 N–H and O–H groups in total. The fourth-order valence-electron chi connectivity index (χ4n) is 1.43. The molecule has 2 nitrogen and oxygen atoms in total. The van der Waals surface area contributed by atoms with Crippen molar-refractivity contribution < 1.29 is 4.39 Å². The monoisotopic (exact) mass is 284 g/mol. The van der Waals surface area contributed by atoms with Gasteiger partial charge in [0.15, 0.2) is 0 Å². The van der Waals surface area contributed by atoms with Crippen LogP contribution in [0.5, 0.6) is 0 Å². The van der Waals surface area contributed by atoms with Crippen molar-refractivity contribution in [1.82, 2.24) is 0 Å². The van der Waals surface area contributed by atoms with Crippen molar-refractivity contribution in [2.75, 3.05) is 5.32 Å². The van der Waals surface area contributed by atoms with Crippen LogP contribution in [-0.2, 0) is 0 Å². The number of benzene rings is 1. The summed E-state index contributed by atoms with van der Waals surface area (Å²) >= 11 is 3.15. The Morgan fingerprint density at radius 3 is 2.81 bits per heavy atom. The van der Waals surface area contributed by atoms with Gasteiger partial charge in [-0.1, -0.05) is 6.92 Å². The van der Waals surface area contributed by atoms with Crippen LogP contribution >= 0.6 is 15.9 Å². The van der Waals surface area contributed by atoms with E-state index in [1.165, 1.54) is 6.07 Å². The molecule has 4 heteroatoms. The highest BCUT2D eigenvalue weighted by Gasteiger charge is 2.09. The number of hydrogen-bond acceptors (Lipinski definition) is 2. The minimum absolute atomic E-state index is 0.112. The molecule has 0 radical (unpaired) electrons. The molecule has 1 atom stereocenters. The van der Waals surface area contributed by atoms with Crippen molar-refractivity contribution >= 4 is 21.6 Å². The van der Waals surface area contributed by atoms with E-state index >= 15 is 0 Å². The van der Waals surface area contributed by atoms with Crippen molar-refractivity contribution in [2.24, 2.45) is 0 Å². The number of rotatable bonds is 4. The lowest BCUT2D eigenvalue weighted by Gasteiger charge is -2.17. The van der Waals surface area contributed by atoms with E-state index in [2.05, 4.69) is 27.3 Å². The molecule has 16 heavy (non-hydrogen) atoms. The molecule has 1 rings (SSSR count). The van der Waals surface area contributed by atoms with Gasteiger partial charge in [0.1, 0.15) is 5.82 Å². The van der Waals surface area contributed by atoms with Crippen molar-refractivity contribution in [3.63, 3.8) is 0 Å². The van der Waals surface area contributed by atoms with E-state index in [4.69, 9.17) is 5.26 Å². The van der Waals surface area contributed by atoms with Crippen LogP contribution in [0.15, 0.2) is 16.6 Å². The molecular weight excluding hydrogens is 271 g/mol. The van der Waals surface area contributed by atoms with Gasteiger partial charge in [-0.15, -0.1) is 0 Å². The maximum Gasteiger partial charge on any atom is 0.137 e. The summed E-state index contributed by atoms with van der Waals surface area (Å²) in [4.78, 5) is 0. The molecule has 0 saturated carbocycles. The molecule has 86 valence electrons. The highest BCUT2D eigenvalue weighted by atomic mass is 79.9. The van der Waals surface area contributed by atoms with Crippen LogP contribution in [-0.4, -0.2) is 6.04 Å². The standard InChI is InChI=1S/C12H14BrFN2/c1-3-9(4-5-15)16-12-7-10(13)11(14)6-8(12)2/h6-7,9,16H,3-4H2,1-2H3. The SMILES string of the molecule is CCC(CC#N)Nc1cc(Br)c(F)cc1C. The normalized spacial score (nSPS) is 11.9. The molecule has 0 aliphatic rings. The Morgan fingerprint density at radius 2 is 2.25 bits per heavy atom. The maximum atomic E-state index is 13.2. The third-order valence-corrected chi connectivity index (χ3v) is 3.07. The van der Waals surface area contributed by atoms with Crippen LogP contribution in [0.1, 0.15) is 25.3 Å². The molecule has 0 aliphatic heterocycles. The van der Waals surface area contributed by atoms with Crippen LogP contribution in [0.25, 0.3) is 0 Å². The van der Waals surface area contributed by atoms with Gasteiger partial charge in [-0.2, -0.15) is 5.26 Å². The number of hydrogen-bond donors (Lipinski definition) is 1. The highest BCUT2D eigenvalue weighted by Crippen LogP contribution is 2.25. The third-order valence-electron chi connectivity index (χ3n) is 2.46. The summed E-state index contributed by atoms with van der Waals surface area (Å²) in [6, 6.07) is 5.44. The van der Waals surface area contributed by atoms with Crippen LogP contribution in [0, 0.1) is 24.1 Å². The Morgan fingerprint density at radius 1 is 1.56 bits per heavy atom. The van der Waals surface area contributed by atoms with Crippen LogP contribution in [0.2, 0.25) is 0 Å². The number of aryl methyl sites for hydroxylation is 1. The Hall–Kier alpha value is -1.08. The van der Waals surface area contributed by atoms with Gasteiger partial charge in [-0.05, 0) is 47.0 Å². The fraction of sp³-hybridized carbons (Fsp3) is 0.417. The minimum atomic E-state index is -0.267. The lowest BCUT2D eigenvalue weighted by atomic mass is 10.1. The van der Waals surface area contributed by atoms with E-state index in [9.17, 15) is 4.39 Å². The molecule has 0 aromatic heterocycles. The second-order valence-electron chi connectivity index (χ2n) is 3.69. The highest BCUT2D eigenvalue weighted by molar-refractivity contribution is 9.10. The average molecular weight is 285 g/mol. The number of nitrogens with zero attached hydrogens (tertiary/aromatic N) is 1. The Kier molecular flexibility index (Phi) is 4.75. The summed E-state index contributed by atoms with van der Waals surface area (Å²) < 4.78 is 13.6. The zero-order valence-corrected chi connectivity index (χ0v) is 10.9. The van der Waals surface area contributed by atoms with Gasteiger partial charge in [0.05, 0.1) is 17.0 Å². The first-order valence-electron chi connectivity index (χ1n) is 5.17. The summed E-state index contributed by atoms with van der Waals surface area (Å²) in [6.45, 7) is 3.86. The summed E-state index contributed by atoms with van der Waals surface area (Å²) in [6.07, 6.45) is 1.31. The van der Waals surface area contributed by atoms with E-state index in [-0.39, 0.29) is 11.9 Å². The molecule has 0 bridgehead atoms. The lowest BCUT2D eigenvalue weighted by molar-refractivity contribution is 0.619. The number of nitriles is 1. The van der Waals surface area contributed by atoms with Gasteiger partial charge < -0.3 is 5.32 Å². The maximum absolute atomic E-state index is 13.2. The van der Waals surface area contributed by atoms with E-state index in [0.717, 1.165) is 17.7 Å². The summed E-state index contributed by atoms with van der Waals surface area (Å²) in [5.74, 6) is -0.267. The first-order chi connectivity index (χ1) is 7.58. The summed E-state index contributed by atoms with van der Waals surface area (Å²) in [5, 5.41) is 11.9. The predicted octanol–water partition coefficient (Wildman–Crippen LogP) is 4.00. The first kappa shape index (κ1) is 13.0. The quantitative estimate of drug-likeness (QED) is 0.907. The van der Waals surface area contributed by atoms with Crippen molar-refractivity contribution in [2.45, 2.75) is 32.7 Å². The molecule has 0 spiro atoms. The number of nitrogens with one attached hydrogen (secondary N) is 1. The van der Waals surface area contributed by atoms with Crippen molar-refractivity contribution in [1.29, 1.82) is 5.26 Å². The predicted molar refractivity (Wildman–Crippen MR) is 66.8 cm³/mol. The fourth-order valence-corrected chi connectivity index (χ4v) is 1.77. The van der Waals surface area contributed by atoms with Gasteiger partial charge in [-0.3, -0.25) is 0 Å². The third kappa shape index (κ3) is 3.21. The van der Waals surface area contributed by atoms with E-state index in [1.54, 1.807) is 6.07 Å². The number of halogens is 2. The summed E-state index contributed by atoms with van der Waals surface area (Å²) in [5.41, 5.74) is 1.72. The molecule has 1 unspecified atom stereocenters. The molecule has 1 aromatic carbocycles. The van der Waals surface area contributed by atoms with E-state index < -0.39 is 0 Å². The molecule has 0 aliphatic carbocycles. The molecule has 0 amide bonds. The number of anilines is 1. The van der Waals surface area contributed by atoms with Crippen molar-refractivity contribution in [3.05, 3.63) is 28.0 Å². The Labute approximate surface area is 104 Å². The van der Waals surface area contributed by atoms with E-state index in [0.29, 0.717) is 10.9 Å². The second-order valence-corrected chi connectivity index (χ2v) is 4.55. The zero-order chi connectivity index (χ0) is 12.1. The summed E-state index contributed by atoms with van der Waals surface area (Å²) in [7, 11) is 0. The molecule has 1 aromatic rings. The molecule has 0 heterocycles. The Bertz CT molecular complexity index is 412. The topological polar surface area (TPSA) is 35.8 Å². The zero-order valence-electron chi connectivity index (χ0n) is 9.35. The van der Waals surface area contributed by atoms with Gasteiger partial charge in [-0.25, -0.2) is 4.39 Å². The van der Waals surface area contributed by atoms with Crippen LogP contribution < -0.4 is 5.32 Å². The van der Waals surface area contributed by atoms with Crippen molar-refractivity contribution in [3.8, 4) is 6.07 Å². The first-order valence-corrected chi connectivity index (χ1v) is 5.97. The van der Waals surface area contributed by atoms with Gasteiger partial charge in [0.2, 0.25) is 0 Å². The lowest BCUT2D eigenvalue weighted by Crippen LogP contribution is -2.18. The van der Waals surface area contributed by atoms with Gasteiger partial charge in [0, 0.05) is 11.7 Å². The van der Waals surface area contributed by atoms with Gasteiger partial charge >= 0.3 is 0 Å². The molecule has 0 fully saturated rings. The van der Waals surface area contributed by atoms with Crippen LogP contribution in [0.3, 0.4) is 0 Å². The molecule has 0 saturated heterocycles. The second kappa shape index (κ2) is 5.86. The Balaban J connectivity index is 2.88. The van der Waals surface area contributed by atoms with Gasteiger partial charge in [0.25, 0.3) is 0 Å². The smallest absolute Gasteiger partial charge is 0.137 e. The largest absolute Gasteiger partial charge is 0.381 e.